The zero-order chi connectivity index (χ0) is 23.7. The Morgan fingerprint density at radius 3 is 2.21 bits per heavy atom. The number of rotatable bonds is 6. The number of amides is 1. The number of carbonyl (C=O) groups excluding carboxylic acids is 1. The number of thiophene rings is 1. The Morgan fingerprint density at radius 1 is 0.941 bits per heavy atom. The minimum Gasteiger partial charge on any atom is -0.441 e. The first-order valence-electron chi connectivity index (χ1n) is 11.2. The monoisotopic (exact) mass is 475 g/mol. The van der Waals surface area contributed by atoms with Crippen LogP contribution in [0.25, 0.3) is 21.6 Å². The highest BCUT2D eigenvalue weighted by molar-refractivity contribution is 7.14. The van der Waals surface area contributed by atoms with E-state index in [2.05, 4.69) is 29.6 Å². The molecule has 3 nitrogen and oxygen atoms in total. The second kappa shape index (κ2) is 9.39. The molecule has 0 aliphatic heterocycles. The molecule has 0 radical (unpaired) electrons. The number of benzene rings is 3. The Labute approximate surface area is 201 Å². The predicted octanol–water partition coefficient (Wildman–Crippen LogP) is 8.55. The Balaban J connectivity index is 1.30. The molecule has 0 spiro atoms. The lowest BCUT2D eigenvalue weighted by atomic mass is 10.0. The molecular weight excluding hydrogens is 452 g/mol. The minimum atomic E-state index is -0.793. The van der Waals surface area contributed by atoms with Gasteiger partial charge in [-0.2, -0.15) is 4.39 Å². The third-order valence-corrected chi connectivity index (χ3v) is 6.98. The molecule has 1 N–H and O–H groups in total. The number of carbonyl (C=O) groups is 1. The summed E-state index contributed by atoms with van der Waals surface area (Å²) in [6.07, 6.45) is 0.982. The second-order valence-electron chi connectivity index (χ2n) is 8.46. The summed E-state index contributed by atoms with van der Waals surface area (Å²) < 4.78 is 33.4. The van der Waals surface area contributed by atoms with E-state index in [-0.39, 0.29) is 5.56 Å². The molecule has 1 amide bonds. The van der Waals surface area contributed by atoms with Crippen LogP contribution in [0.2, 0.25) is 0 Å². The van der Waals surface area contributed by atoms with Crippen molar-refractivity contribution in [1.29, 1.82) is 0 Å². The zero-order valence-electron chi connectivity index (χ0n) is 18.6. The van der Waals surface area contributed by atoms with E-state index in [9.17, 15) is 13.6 Å². The van der Waals surface area contributed by atoms with Gasteiger partial charge < -0.3 is 4.74 Å². The summed E-state index contributed by atoms with van der Waals surface area (Å²) in [7, 11) is 0. The number of hydrogen-bond acceptors (Lipinski definition) is 3. The first-order chi connectivity index (χ1) is 16.5. The molecule has 0 saturated heterocycles. The molecule has 1 saturated carbocycles. The number of anilines is 1. The van der Waals surface area contributed by atoms with E-state index in [4.69, 9.17) is 4.74 Å². The van der Waals surface area contributed by atoms with Gasteiger partial charge in [-0.15, -0.1) is 11.3 Å². The number of nitrogens with one attached hydrogen (secondary N) is 1. The molecule has 34 heavy (non-hydrogen) atoms. The van der Waals surface area contributed by atoms with Crippen molar-refractivity contribution in [2.24, 2.45) is 0 Å². The minimum absolute atomic E-state index is 0.273. The second-order valence-corrected chi connectivity index (χ2v) is 9.46. The summed E-state index contributed by atoms with van der Waals surface area (Å²) in [6, 6.07) is 23.8. The summed E-state index contributed by atoms with van der Waals surface area (Å²) in [5.41, 5.74) is 4.95. The van der Waals surface area contributed by atoms with Crippen molar-refractivity contribution in [3.63, 3.8) is 0 Å². The SMILES string of the molecule is C[C@@H](OC(=O)Nc1cc(F)sc1-c1ccc(-c2ccc(C3CC3)cc2)cc1)c1ccccc1F. The fourth-order valence-electron chi connectivity index (χ4n) is 4.01. The van der Waals surface area contributed by atoms with Gasteiger partial charge in [-0.3, -0.25) is 5.32 Å². The first-order valence-corrected chi connectivity index (χ1v) is 12.0. The quantitative estimate of drug-likeness (QED) is 0.303. The molecule has 1 atom stereocenters. The Morgan fingerprint density at radius 2 is 1.56 bits per heavy atom. The van der Waals surface area contributed by atoms with Crippen LogP contribution in [0.1, 0.15) is 42.9 Å². The van der Waals surface area contributed by atoms with Crippen molar-refractivity contribution < 1.29 is 18.3 Å². The standard InChI is InChI=1S/C28H23F2NO2S/c1-17(23-4-2-3-5-24(23)29)33-28(32)31-25-16-26(30)34-27(25)22-14-12-21(13-15-22)20-10-8-19(9-11-20)18-6-7-18/h2-5,8-18H,6-7H2,1H3,(H,31,32)/t17-/m1/s1. The average Bonchev–Trinajstić information content (AvgIpc) is 3.62. The van der Waals surface area contributed by atoms with Crippen LogP contribution in [-0.2, 0) is 4.74 Å². The molecule has 1 fully saturated rings. The average molecular weight is 476 g/mol. The molecule has 0 unspecified atom stereocenters. The number of hydrogen-bond donors (Lipinski definition) is 1. The number of ether oxygens (including phenoxy) is 1. The summed E-state index contributed by atoms with van der Waals surface area (Å²) in [4.78, 5) is 13.0. The highest BCUT2D eigenvalue weighted by atomic mass is 32.1. The van der Waals surface area contributed by atoms with Gasteiger partial charge in [0.05, 0.1) is 10.6 Å². The maximum Gasteiger partial charge on any atom is 0.412 e. The van der Waals surface area contributed by atoms with Crippen molar-refractivity contribution >= 4 is 23.1 Å². The molecule has 1 heterocycles. The summed E-state index contributed by atoms with van der Waals surface area (Å²) in [5.74, 6) is 0.268. The van der Waals surface area contributed by atoms with E-state index in [1.165, 1.54) is 30.5 Å². The predicted molar refractivity (Wildman–Crippen MR) is 132 cm³/mol. The van der Waals surface area contributed by atoms with Crippen molar-refractivity contribution in [2.75, 3.05) is 5.32 Å². The van der Waals surface area contributed by atoms with Gasteiger partial charge in [-0.25, -0.2) is 9.18 Å². The van der Waals surface area contributed by atoms with Crippen molar-refractivity contribution in [1.82, 2.24) is 0 Å². The van der Waals surface area contributed by atoms with Gasteiger partial charge in [0.15, 0.2) is 5.13 Å². The molecule has 4 aromatic rings. The normalized spacial score (nSPS) is 14.0. The third-order valence-electron chi connectivity index (χ3n) is 6.01. The molecule has 3 aromatic carbocycles. The molecule has 1 aliphatic rings. The lowest BCUT2D eigenvalue weighted by molar-refractivity contribution is 0.119. The van der Waals surface area contributed by atoms with Crippen LogP contribution in [0.3, 0.4) is 0 Å². The van der Waals surface area contributed by atoms with E-state index in [0.29, 0.717) is 10.6 Å². The Hall–Kier alpha value is -3.51. The molecule has 172 valence electrons. The summed E-state index contributed by atoms with van der Waals surface area (Å²) in [5, 5.41) is 2.18. The zero-order valence-corrected chi connectivity index (χ0v) is 19.4. The van der Waals surface area contributed by atoms with Gasteiger partial charge in [-0.1, -0.05) is 66.7 Å². The highest BCUT2D eigenvalue weighted by Crippen LogP contribution is 2.41. The van der Waals surface area contributed by atoms with E-state index in [0.717, 1.165) is 33.9 Å². The smallest absolute Gasteiger partial charge is 0.412 e. The van der Waals surface area contributed by atoms with Gasteiger partial charge in [0.2, 0.25) is 0 Å². The first kappa shape index (κ1) is 22.3. The van der Waals surface area contributed by atoms with Crippen LogP contribution in [0.5, 0.6) is 0 Å². The van der Waals surface area contributed by atoms with Gasteiger partial charge >= 0.3 is 6.09 Å². The van der Waals surface area contributed by atoms with E-state index in [1.54, 1.807) is 25.1 Å². The molecule has 6 heteroatoms. The topological polar surface area (TPSA) is 38.3 Å². The maximum atomic E-state index is 14.1. The highest BCUT2D eigenvalue weighted by Gasteiger charge is 2.23. The van der Waals surface area contributed by atoms with Crippen molar-refractivity contribution in [3.8, 4) is 21.6 Å². The van der Waals surface area contributed by atoms with Gasteiger partial charge in [-0.05, 0) is 54.0 Å². The fourth-order valence-corrected chi connectivity index (χ4v) is 4.86. The largest absolute Gasteiger partial charge is 0.441 e. The Kier molecular flexibility index (Phi) is 6.16. The van der Waals surface area contributed by atoms with Crippen LogP contribution in [-0.4, -0.2) is 6.09 Å². The lowest BCUT2D eigenvalue weighted by Gasteiger charge is -2.15. The van der Waals surface area contributed by atoms with E-state index in [1.807, 2.05) is 24.3 Å². The third kappa shape index (κ3) is 4.87. The van der Waals surface area contributed by atoms with Gasteiger partial charge in [0.1, 0.15) is 11.9 Å². The van der Waals surface area contributed by atoms with Crippen LogP contribution in [0.4, 0.5) is 19.3 Å². The van der Waals surface area contributed by atoms with Crippen LogP contribution in [0, 0.1) is 10.9 Å². The van der Waals surface area contributed by atoms with Crippen LogP contribution >= 0.6 is 11.3 Å². The Bertz CT molecular complexity index is 1310. The maximum absolute atomic E-state index is 14.1. The summed E-state index contributed by atoms with van der Waals surface area (Å²) in [6.45, 7) is 1.59. The van der Waals surface area contributed by atoms with E-state index < -0.39 is 23.1 Å². The molecular formula is C28H23F2NO2S. The van der Waals surface area contributed by atoms with Crippen LogP contribution in [0.15, 0.2) is 78.9 Å². The molecule has 1 aliphatic carbocycles. The molecule has 5 rings (SSSR count). The van der Waals surface area contributed by atoms with Crippen molar-refractivity contribution in [3.05, 3.63) is 101 Å². The van der Waals surface area contributed by atoms with Gasteiger partial charge in [0, 0.05) is 11.6 Å². The van der Waals surface area contributed by atoms with E-state index >= 15 is 0 Å². The van der Waals surface area contributed by atoms with Crippen molar-refractivity contribution in [2.45, 2.75) is 31.8 Å². The molecule has 1 aromatic heterocycles. The lowest BCUT2D eigenvalue weighted by Crippen LogP contribution is -2.16. The fraction of sp³-hybridized carbons (Fsp3) is 0.179. The number of halogens is 2. The van der Waals surface area contributed by atoms with Gasteiger partial charge in [0.25, 0.3) is 0 Å². The molecule has 0 bridgehead atoms. The summed E-state index contributed by atoms with van der Waals surface area (Å²) >= 11 is 0.944. The van der Waals surface area contributed by atoms with Crippen LogP contribution < -0.4 is 5.32 Å².